The summed E-state index contributed by atoms with van der Waals surface area (Å²) in [5.74, 6) is -0.0390. The standard InChI is InChI=1S/C10H12FN5O2S/c1-10(11)4(2-17)19-8(10)16-3-13-5-6(16)14-9(12)15-7(5)18/h3-4,8,17H,2H2,1H3,(H3,12,14,15,18)/t4-,8-,10+/m1/s1. The predicted octanol–water partition coefficient (Wildman–Crippen LogP) is 0.0363. The maximum Gasteiger partial charge on any atom is 0.280 e. The molecule has 0 aliphatic carbocycles. The number of aromatic amines is 1. The molecular weight excluding hydrogens is 273 g/mol. The van der Waals surface area contributed by atoms with Crippen molar-refractivity contribution < 1.29 is 9.50 Å². The van der Waals surface area contributed by atoms with Gasteiger partial charge in [-0.1, -0.05) is 0 Å². The number of aromatic nitrogens is 4. The number of nitrogens with two attached hydrogens (primary N) is 1. The number of fused-ring (bicyclic) bond motifs is 1. The quantitative estimate of drug-likeness (QED) is 0.718. The number of imidazole rings is 1. The van der Waals surface area contributed by atoms with Crippen LogP contribution < -0.4 is 11.3 Å². The summed E-state index contributed by atoms with van der Waals surface area (Å²) in [6.07, 6.45) is 1.37. The lowest BCUT2D eigenvalue weighted by Crippen LogP contribution is -2.51. The lowest BCUT2D eigenvalue weighted by molar-refractivity contribution is 0.0948. The third-order valence-corrected chi connectivity index (χ3v) is 5.16. The number of rotatable bonds is 2. The van der Waals surface area contributed by atoms with Crippen LogP contribution in [0.15, 0.2) is 11.1 Å². The average molecular weight is 285 g/mol. The van der Waals surface area contributed by atoms with Gasteiger partial charge >= 0.3 is 0 Å². The Morgan fingerprint density at radius 1 is 1.74 bits per heavy atom. The third kappa shape index (κ3) is 1.65. The van der Waals surface area contributed by atoms with Gasteiger partial charge in [0, 0.05) is 0 Å². The number of nitrogens with zero attached hydrogens (tertiary/aromatic N) is 3. The summed E-state index contributed by atoms with van der Waals surface area (Å²) in [4.78, 5) is 21.9. The smallest absolute Gasteiger partial charge is 0.280 e. The van der Waals surface area contributed by atoms with Gasteiger partial charge in [-0.15, -0.1) is 11.8 Å². The molecule has 0 spiro atoms. The minimum Gasteiger partial charge on any atom is -0.395 e. The molecule has 1 aliphatic heterocycles. The molecule has 3 heterocycles. The highest BCUT2D eigenvalue weighted by Gasteiger charge is 2.54. The molecule has 3 atom stereocenters. The molecular formula is C10H12FN5O2S. The fourth-order valence-electron chi connectivity index (χ4n) is 2.18. The maximum absolute atomic E-state index is 14.5. The van der Waals surface area contributed by atoms with Gasteiger partial charge in [0.2, 0.25) is 5.95 Å². The normalized spacial score (nSPS) is 30.5. The van der Waals surface area contributed by atoms with E-state index in [4.69, 9.17) is 10.8 Å². The Kier molecular flexibility index (Phi) is 2.58. The number of hydrogen-bond donors (Lipinski definition) is 3. The molecule has 102 valence electrons. The van der Waals surface area contributed by atoms with Gasteiger partial charge in [-0.3, -0.25) is 14.3 Å². The molecule has 0 saturated carbocycles. The molecule has 0 unspecified atom stereocenters. The minimum absolute atomic E-state index is 0.0390. The van der Waals surface area contributed by atoms with Gasteiger partial charge in [-0.25, -0.2) is 9.37 Å². The SMILES string of the molecule is C[C@]1(F)[C@@H](CO)S[C@H]1n1cnc2c(=O)[nH]c(N)nc21. The van der Waals surface area contributed by atoms with Gasteiger partial charge in [-0.05, 0) is 6.92 Å². The number of H-pyrrole nitrogens is 1. The lowest BCUT2D eigenvalue weighted by Gasteiger charge is -2.46. The molecule has 2 aromatic heterocycles. The summed E-state index contributed by atoms with van der Waals surface area (Å²) in [6.45, 7) is 1.17. The zero-order valence-electron chi connectivity index (χ0n) is 10.00. The first-order valence-electron chi connectivity index (χ1n) is 5.62. The predicted molar refractivity (Wildman–Crippen MR) is 69.6 cm³/mol. The van der Waals surface area contributed by atoms with Crippen LogP contribution in [0.2, 0.25) is 0 Å². The second kappa shape index (κ2) is 3.94. The van der Waals surface area contributed by atoms with Gasteiger partial charge in [0.1, 0.15) is 5.37 Å². The summed E-state index contributed by atoms with van der Waals surface area (Å²) in [5, 5.41) is 7.99. The average Bonchev–Trinajstić information content (AvgIpc) is 2.72. The molecule has 0 bridgehead atoms. The zero-order valence-corrected chi connectivity index (χ0v) is 10.8. The van der Waals surface area contributed by atoms with Crippen LogP contribution in [0.25, 0.3) is 11.2 Å². The van der Waals surface area contributed by atoms with Gasteiger partial charge in [0.05, 0.1) is 18.2 Å². The Hall–Kier alpha value is -1.61. The minimum atomic E-state index is -1.59. The highest BCUT2D eigenvalue weighted by molar-refractivity contribution is 8.01. The summed E-state index contributed by atoms with van der Waals surface area (Å²) < 4.78 is 15.9. The first-order valence-corrected chi connectivity index (χ1v) is 6.57. The van der Waals surface area contributed by atoms with Crippen molar-refractivity contribution in [2.24, 2.45) is 0 Å². The van der Waals surface area contributed by atoms with Crippen molar-refractivity contribution in [1.82, 2.24) is 19.5 Å². The van der Waals surface area contributed by atoms with Crippen molar-refractivity contribution in [2.75, 3.05) is 12.3 Å². The number of nitrogens with one attached hydrogen (secondary N) is 1. The fraction of sp³-hybridized carbons (Fsp3) is 0.500. The molecule has 1 fully saturated rings. The Morgan fingerprint density at radius 2 is 2.47 bits per heavy atom. The van der Waals surface area contributed by atoms with Crippen LogP contribution in [0.3, 0.4) is 0 Å². The molecule has 19 heavy (non-hydrogen) atoms. The summed E-state index contributed by atoms with van der Waals surface area (Å²) >= 11 is 1.27. The summed E-state index contributed by atoms with van der Waals surface area (Å²) in [5.41, 5.74) is 3.81. The van der Waals surface area contributed by atoms with Gasteiger partial charge < -0.3 is 10.8 Å². The van der Waals surface area contributed by atoms with Gasteiger partial charge in [0.15, 0.2) is 16.8 Å². The number of anilines is 1. The van der Waals surface area contributed by atoms with Crippen molar-refractivity contribution in [1.29, 1.82) is 0 Å². The summed E-state index contributed by atoms with van der Waals surface area (Å²) in [7, 11) is 0. The fourth-order valence-corrected chi connectivity index (χ4v) is 3.46. The van der Waals surface area contributed by atoms with Crippen molar-refractivity contribution in [3.05, 3.63) is 16.7 Å². The number of aliphatic hydroxyl groups excluding tert-OH is 1. The lowest BCUT2D eigenvalue weighted by atomic mass is 10.0. The van der Waals surface area contributed by atoms with Crippen LogP contribution in [0.5, 0.6) is 0 Å². The third-order valence-electron chi connectivity index (χ3n) is 3.27. The molecule has 7 nitrogen and oxygen atoms in total. The maximum atomic E-state index is 14.5. The summed E-state index contributed by atoms with van der Waals surface area (Å²) in [6, 6.07) is 0. The molecule has 4 N–H and O–H groups in total. The number of alkyl halides is 1. The molecule has 0 aromatic carbocycles. The van der Waals surface area contributed by atoms with Crippen LogP contribution in [0, 0.1) is 0 Å². The number of nitrogen functional groups attached to an aromatic ring is 1. The molecule has 0 amide bonds. The van der Waals surface area contributed by atoms with E-state index in [1.54, 1.807) is 0 Å². The molecule has 2 aromatic rings. The molecule has 9 heteroatoms. The molecule has 1 aliphatic rings. The second-order valence-corrected chi connectivity index (χ2v) is 5.87. The highest BCUT2D eigenvalue weighted by atomic mass is 32.2. The van der Waals surface area contributed by atoms with E-state index in [-0.39, 0.29) is 23.7 Å². The first kappa shape index (κ1) is 12.4. The monoisotopic (exact) mass is 285 g/mol. The number of aliphatic hydroxyl groups is 1. The van der Waals surface area contributed by atoms with Crippen LogP contribution in [-0.2, 0) is 0 Å². The van der Waals surface area contributed by atoms with E-state index in [1.165, 1.54) is 29.6 Å². The van der Waals surface area contributed by atoms with Crippen molar-refractivity contribution in [3.63, 3.8) is 0 Å². The van der Waals surface area contributed by atoms with Crippen LogP contribution in [0.4, 0.5) is 10.3 Å². The molecule has 0 radical (unpaired) electrons. The second-order valence-electron chi connectivity index (χ2n) is 4.59. The Balaban J connectivity index is 2.11. The van der Waals surface area contributed by atoms with Crippen LogP contribution in [-0.4, -0.2) is 42.2 Å². The van der Waals surface area contributed by atoms with Crippen molar-refractivity contribution in [3.8, 4) is 0 Å². The molecule has 1 saturated heterocycles. The van der Waals surface area contributed by atoms with Crippen molar-refractivity contribution in [2.45, 2.75) is 23.2 Å². The number of halogens is 1. The number of hydrogen-bond acceptors (Lipinski definition) is 6. The van der Waals surface area contributed by atoms with E-state index >= 15 is 0 Å². The van der Waals surface area contributed by atoms with Crippen LogP contribution >= 0.6 is 11.8 Å². The molecule has 3 rings (SSSR count). The topological polar surface area (TPSA) is 110 Å². The van der Waals surface area contributed by atoms with E-state index in [1.807, 2.05) is 0 Å². The van der Waals surface area contributed by atoms with Gasteiger partial charge in [0.25, 0.3) is 5.56 Å². The Labute approximate surface area is 111 Å². The zero-order chi connectivity index (χ0) is 13.8. The largest absolute Gasteiger partial charge is 0.395 e. The van der Waals surface area contributed by atoms with Crippen molar-refractivity contribution >= 4 is 28.9 Å². The highest BCUT2D eigenvalue weighted by Crippen LogP contribution is 2.55. The van der Waals surface area contributed by atoms with E-state index < -0.39 is 21.9 Å². The van der Waals surface area contributed by atoms with E-state index in [0.717, 1.165) is 0 Å². The van der Waals surface area contributed by atoms with Crippen LogP contribution in [0.1, 0.15) is 12.3 Å². The van der Waals surface area contributed by atoms with E-state index in [2.05, 4.69) is 15.0 Å². The van der Waals surface area contributed by atoms with Gasteiger partial charge in [-0.2, -0.15) is 4.98 Å². The Morgan fingerprint density at radius 3 is 3.11 bits per heavy atom. The Bertz CT molecular complexity index is 697. The first-order chi connectivity index (χ1) is 8.95. The van der Waals surface area contributed by atoms with E-state index in [0.29, 0.717) is 0 Å². The van der Waals surface area contributed by atoms with E-state index in [9.17, 15) is 9.18 Å². The number of thioether (sulfide) groups is 1.